The van der Waals surface area contributed by atoms with Crippen LogP contribution >= 0.6 is 45.3 Å². The van der Waals surface area contributed by atoms with Gasteiger partial charge in [0.05, 0.1) is 71.6 Å². The number of ether oxygens (including phenoxy) is 4. The number of nitriles is 1. The Morgan fingerprint density at radius 1 is 0.530 bits per heavy atom. The molecule has 2 N–H and O–H groups in total. The molecule has 0 atom stereocenters. The summed E-state index contributed by atoms with van der Waals surface area (Å²) in [5, 5.41) is 39.1. The molecule has 348 valence electrons. The number of aliphatic carboxylic acids is 1. The summed E-state index contributed by atoms with van der Waals surface area (Å²) >= 11 is 7.01. The molecule has 8 aromatic rings. The molecule has 0 radical (unpaired) electrons. The lowest BCUT2D eigenvalue weighted by Gasteiger charge is -2.06. The number of nitrogens with zero attached hydrogens (tertiary/aromatic N) is 1. The van der Waals surface area contributed by atoms with E-state index in [1.807, 2.05) is 0 Å². The van der Waals surface area contributed by atoms with Gasteiger partial charge < -0.3 is 29.2 Å². The van der Waals surface area contributed by atoms with E-state index in [4.69, 9.17) is 34.4 Å². The normalized spacial score (nSPS) is 10.7. The van der Waals surface area contributed by atoms with Gasteiger partial charge in [-0.3, -0.25) is 9.59 Å². The second-order valence-electron chi connectivity index (χ2n) is 15.1. The molecule has 0 saturated carbocycles. The lowest BCUT2D eigenvalue weighted by atomic mass is 10.1. The van der Waals surface area contributed by atoms with Crippen LogP contribution in [-0.4, -0.2) is 75.0 Å². The number of aliphatic hydroxyl groups is 1. The monoisotopic (exact) mass is 965 g/mol. The Bertz CT molecular complexity index is 2670. The quantitative estimate of drug-likeness (QED) is 0.0503. The third kappa shape index (κ3) is 19.1. The molecule has 0 saturated heterocycles. The van der Waals surface area contributed by atoms with Crippen LogP contribution in [0.15, 0.2) is 119 Å². The fraction of sp³-hybridized carbons (Fsp3) is 0.340. The average molecular weight is 966 g/mol. The van der Waals surface area contributed by atoms with Crippen LogP contribution in [0, 0.1) is 11.3 Å². The topological polar surface area (TPSA) is 135 Å². The lowest BCUT2D eigenvalue weighted by molar-refractivity contribution is -0.145. The molecular formula is C53H59NO8S4. The second kappa shape index (κ2) is 30.3. The summed E-state index contributed by atoms with van der Waals surface area (Å²) in [6.45, 7) is 5.99. The zero-order valence-electron chi connectivity index (χ0n) is 37.5. The molecule has 4 aromatic carbocycles. The summed E-state index contributed by atoms with van der Waals surface area (Å²) in [5.41, 5.74) is 5.00. The first-order valence-electron chi connectivity index (χ1n) is 22.3. The SMILES string of the molecule is CCCCOC(=O)CCOCCc1ccc2sccc2c1.N#CCCOCCc1ccc2sccc2c1.O=C(O)CCOCCc1ccc2sccc2c1.OCCc1ccc2sccc2c1. The van der Waals surface area contributed by atoms with Crippen molar-refractivity contribution >= 4 is 97.6 Å². The van der Waals surface area contributed by atoms with Crippen LogP contribution in [0.5, 0.6) is 0 Å². The molecule has 66 heavy (non-hydrogen) atoms. The third-order valence-corrected chi connectivity index (χ3v) is 13.7. The summed E-state index contributed by atoms with van der Waals surface area (Å²) in [5.74, 6) is -0.979. The van der Waals surface area contributed by atoms with Gasteiger partial charge in [-0.05, 0) is 146 Å². The van der Waals surface area contributed by atoms with Gasteiger partial charge in [0.15, 0.2) is 0 Å². The molecule has 9 nitrogen and oxygen atoms in total. The van der Waals surface area contributed by atoms with Crippen molar-refractivity contribution in [2.45, 2.75) is 64.7 Å². The van der Waals surface area contributed by atoms with Crippen molar-refractivity contribution in [2.24, 2.45) is 0 Å². The van der Waals surface area contributed by atoms with E-state index in [2.05, 4.69) is 132 Å². The maximum atomic E-state index is 11.4. The first kappa shape index (κ1) is 52.0. The predicted octanol–water partition coefficient (Wildman–Crippen LogP) is 12.9. The summed E-state index contributed by atoms with van der Waals surface area (Å²) in [7, 11) is 0. The first-order chi connectivity index (χ1) is 32.3. The van der Waals surface area contributed by atoms with Gasteiger partial charge in [0.2, 0.25) is 0 Å². The minimum atomic E-state index is -0.815. The van der Waals surface area contributed by atoms with Gasteiger partial charge in [-0.15, -0.1) is 45.3 Å². The Morgan fingerprint density at radius 2 is 0.924 bits per heavy atom. The Balaban J connectivity index is 0.000000168. The van der Waals surface area contributed by atoms with E-state index in [-0.39, 0.29) is 25.6 Å². The Kier molecular flexibility index (Phi) is 23.9. The fourth-order valence-corrected chi connectivity index (χ4v) is 9.61. The molecule has 8 rings (SSSR count). The first-order valence-corrected chi connectivity index (χ1v) is 25.8. The molecule has 0 fully saturated rings. The zero-order chi connectivity index (χ0) is 46.6. The van der Waals surface area contributed by atoms with Crippen LogP contribution in [0.3, 0.4) is 0 Å². The van der Waals surface area contributed by atoms with E-state index in [1.54, 1.807) is 45.3 Å². The fourth-order valence-electron chi connectivity index (χ4n) is 6.53. The molecule has 4 heterocycles. The Morgan fingerprint density at radius 3 is 1.30 bits per heavy atom. The van der Waals surface area contributed by atoms with E-state index in [9.17, 15) is 9.59 Å². The lowest BCUT2D eigenvalue weighted by Crippen LogP contribution is -2.10. The van der Waals surface area contributed by atoms with Crippen LogP contribution in [0.1, 0.15) is 61.3 Å². The highest BCUT2D eigenvalue weighted by Gasteiger charge is 2.04. The number of carboxylic acids is 1. The largest absolute Gasteiger partial charge is 0.481 e. The van der Waals surface area contributed by atoms with Crippen LogP contribution in [0.25, 0.3) is 40.3 Å². The standard InChI is InChI=1S/C17H22O3S.C13H13NOS.C13H14O3S.C10H10OS/c1-2-3-9-20-17(18)7-11-19-10-6-14-4-5-16-15(13-14)8-12-21-16;14-6-1-7-15-8-4-11-2-3-13-12(10-11)5-9-16-13;14-13(15)4-7-16-6-3-10-1-2-12-11(9-10)5-8-17-12;11-5-3-8-1-2-10-9(7-8)4-6-12-10/h4-5,8,12-13H,2-3,6-7,9-11H2,1H3;2-3,5,9-10H,1,4,7-8H2;1-2,5,8-9H,3-4,6-7H2,(H,14,15);1-2,4,6-7,11H,3,5H2. The summed E-state index contributed by atoms with van der Waals surface area (Å²) in [6.07, 6.45) is 6.22. The van der Waals surface area contributed by atoms with Gasteiger partial charge in [-0.25, -0.2) is 0 Å². The number of unbranched alkanes of at least 4 members (excludes halogenated alkanes) is 1. The summed E-state index contributed by atoms with van der Waals surface area (Å²) in [4.78, 5) is 21.6. The predicted molar refractivity (Wildman–Crippen MR) is 275 cm³/mol. The van der Waals surface area contributed by atoms with Gasteiger partial charge >= 0.3 is 11.9 Å². The zero-order valence-corrected chi connectivity index (χ0v) is 40.8. The highest BCUT2D eigenvalue weighted by atomic mass is 32.1. The van der Waals surface area contributed by atoms with Crippen molar-refractivity contribution in [2.75, 3.05) is 52.9 Å². The number of carbonyl (C=O) groups excluding carboxylic acids is 1. The van der Waals surface area contributed by atoms with Crippen LogP contribution in [0.2, 0.25) is 0 Å². The number of aliphatic hydroxyl groups excluding tert-OH is 1. The third-order valence-electron chi connectivity index (χ3n) is 10.1. The number of rotatable bonds is 22. The van der Waals surface area contributed by atoms with Crippen molar-refractivity contribution in [3.63, 3.8) is 0 Å². The molecule has 0 aliphatic rings. The second-order valence-corrected chi connectivity index (χ2v) is 18.9. The molecular weight excluding hydrogens is 907 g/mol. The van der Waals surface area contributed by atoms with Gasteiger partial charge in [0, 0.05) is 25.4 Å². The Labute approximate surface area is 403 Å². The molecule has 0 unspecified atom stereocenters. The number of carbonyl (C=O) groups is 2. The summed E-state index contributed by atoms with van der Waals surface area (Å²) < 4.78 is 26.4. The average Bonchev–Trinajstić information content (AvgIpc) is 4.17. The summed E-state index contributed by atoms with van der Waals surface area (Å²) in [6, 6.07) is 36.3. The number of hydrogen-bond acceptors (Lipinski definition) is 12. The molecule has 0 aliphatic heterocycles. The van der Waals surface area contributed by atoms with Crippen LogP contribution < -0.4 is 0 Å². The van der Waals surface area contributed by atoms with Gasteiger partial charge in [0.1, 0.15) is 0 Å². The minimum absolute atomic E-state index is 0.0730. The van der Waals surface area contributed by atoms with Crippen molar-refractivity contribution in [1.82, 2.24) is 0 Å². The minimum Gasteiger partial charge on any atom is -0.481 e. The Hall–Kier alpha value is -5.01. The van der Waals surface area contributed by atoms with Crippen molar-refractivity contribution in [3.8, 4) is 6.07 Å². The number of benzene rings is 4. The maximum absolute atomic E-state index is 11.4. The van der Waals surface area contributed by atoms with E-state index in [1.165, 1.54) is 62.6 Å². The molecule has 0 bridgehead atoms. The molecule has 13 heteroatoms. The smallest absolute Gasteiger partial charge is 0.308 e. The van der Waals surface area contributed by atoms with E-state index < -0.39 is 5.97 Å². The number of fused-ring (bicyclic) bond motifs is 4. The maximum Gasteiger partial charge on any atom is 0.308 e. The van der Waals surface area contributed by atoms with Gasteiger partial charge in [-0.1, -0.05) is 61.9 Å². The highest BCUT2D eigenvalue weighted by molar-refractivity contribution is 7.18. The van der Waals surface area contributed by atoms with E-state index >= 15 is 0 Å². The number of carboxylic acid groups (broad SMARTS) is 1. The van der Waals surface area contributed by atoms with Crippen molar-refractivity contribution in [1.29, 1.82) is 5.26 Å². The van der Waals surface area contributed by atoms with E-state index in [0.717, 1.165) is 38.5 Å². The number of esters is 1. The highest BCUT2D eigenvalue weighted by Crippen LogP contribution is 2.25. The number of thiophene rings is 4. The van der Waals surface area contributed by atoms with Crippen LogP contribution in [0.4, 0.5) is 0 Å². The van der Waals surface area contributed by atoms with Crippen molar-refractivity contribution in [3.05, 3.63) is 141 Å². The van der Waals surface area contributed by atoms with Crippen molar-refractivity contribution < 1.29 is 38.7 Å². The van der Waals surface area contributed by atoms with Gasteiger partial charge in [-0.2, -0.15) is 5.26 Å². The van der Waals surface area contributed by atoms with Gasteiger partial charge in [0.25, 0.3) is 0 Å². The number of hydrogen-bond donors (Lipinski definition) is 2. The molecule has 0 aliphatic carbocycles. The molecule has 0 amide bonds. The molecule has 0 spiro atoms. The van der Waals surface area contributed by atoms with Crippen LogP contribution in [-0.2, 0) is 54.2 Å². The molecule has 4 aromatic heterocycles. The van der Waals surface area contributed by atoms with E-state index in [0.29, 0.717) is 52.5 Å².